The Labute approximate surface area is 61.8 Å². The van der Waals surface area contributed by atoms with E-state index >= 15 is 0 Å². The molecule has 0 aliphatic heterocycles. The lowest BCUT2D eigenvalue weighted by atomic mass is 10.7. The van der Waals surface area contributed by atoms with Crippen molar-refractivity contribution in [1.29, 1.82) is 0 Å². The first-order valence-corrected chi connectivity index (χ1v) is 2.91. The van der Waals surface area contributed by atoms with Crippen LogP contribution in [-0.2, 0) is 0 Å². The molecule has 54 valence electrons. The predicted molar refractivity (Wildman–Crippen MR) is 36.4 cm³/mol. The second kappa shape index (κ2) is 2.70. The van der Waals surface area contributed by atoms with E-state index in [4.69, 9.17) is 11.6 Å². The minimum Gasteiger partial charge on any atom is -0.477 e. The molecule has 5 heteroatoms. The van der Waals surface area contributed by atoms with Gasteiger partial charge >= 0.3 is 5.56 Å². The fourth-order valence-corrected chi connectivity index (χ4v) is 0.637. The Morgan fingerprint density at radius 2 is 2.50 bits per heavy atom. The molecule has 0 bridgehead atoms. The van der Waals surface area contributed by atoms with Crippen molar-refractivity contribution in [3.05, 3.63) is 21.7 Å². The third-order valence-electron chi connectivity index (χ3n) is 0.918. The van der Waals surface area contributed by atoms with Gasteiger partial charge < -0.3 is 9.72 Å². The molecule has 0 aliphatic rings. The van der Waals surface area contributed by atoms with Crippen LogP contribution >= 0.6 is 11.6 Å². The lowest BCUT2D eigenvalue weighted by molar-refractivity contribution is 0.391. The van der Waals surface area contributed by atoms with E-state index in [2.05, 4.69) is 14.7 Å². The van der Waals surface area contributed by atoms with Gasteiger partial charge in [0.15, 0.2) is 0 Å². The van der Waals surface area contributed by atoms with Gasteiger partial charge in [-0.1, -0.05) is 11.6 Å². The first kappa shape index (κ1) is 7.08. The summed E-state index contributed by atoms with van der Waals surface area (Å²) in [7, 11) is 1.36. The van der Waals surface area contributed by atoms with Crippen LogP contribution in [0.3, 0.4) is 0 Å². The van der Waals surface area contributed by atoms with E-state index in [0.717, 1.165) is 0 Å². The Balaban J connectivity index is 3.22. The summed E-state index contributed by atoms with van der Waals surface area (Å²) in [6.07, 6.45) is 1.30. The maximum atomic E-state index is 10.7. The van der Waals surface area contributed by atoms with Gasteiger partial charge in [0, 0.05) is 6.20 Å². The lowest BCUT2D eigenvalue weighted by Gasteiger charge is -1.94. The highest BCUT2D eigenvalue weighted by molar-refractivity contribution is 6.29. The van der Waals surface area contributed by atoms with Crippen molar-refractivity contribution in [3.8, 4) is 5.88 Å². The van der Waals surface area contributed by atoms with E-state index in [-0.39, 0.29) is 16.6 Å². The predicted octanol–water partition coefficient (Wildman–Crippen LogP) is 0.432. The molecule has 1 rings (SSSR count). The van der Waals surface area contributed by atoms with Gasteiger partial charge in [0.25, 0.3) is 5.88 Å². The molecule has 0 unspecified atom stereocenters. The number of hydrogen-bond acceptors (Lipinski definition) is 3. The van der Waals surface area contributed by atoms with Crippen LogP contribution in [0.4, 0.5) is 0 Å². The first-order valence-electron chi connectivity index (χ1n) is 2.53. The van der Waals surface area contributed by atoms with Gasteiger partial charge in [0.2, 0.25) is 0 Å². The Kier molecular flexibility index (Phi) is 1.91. The quantitative estimate of drug-likeness (QED) is 0.648. The zero-order chi connectivity index (χ0) is 7.56. The highest BCUT2D eigenvalue weighted by Crippen LogP contribution is 2.02. The number of nitrogens with one attached hydrogen (secondary N) is 1. The van der Waals surface area contributed by atoms with E-state index in [1.165, 1.54) is 13.3 Å². The molecule has 0 radical (unpaired) electrons. The van der Waals surface area contributed by atoms with Gasteiger partial charge in [0.1, 0.15) is 5.15 Å². The molecule has 1 aromatic heterocycles. The van der Waals surface area contributed by atoms with Crippen LogP contribution in [0.5, 0.6) is 5.88 Å². The monoisotopic (exact) mass is 160 g/mol. The van der Waals surface area contributed by atoms with Gasteiger partial charge in [-0.15, -0.1) is 0 Å². The van der Waals surface area contributed by atoms with Crippen molar-refractivity contribution in [2.45, 2.75) is 0 Å². The molecule has 0 saturated heterocycles. The maximum absolute atomic E-state index is 10.7. The van der Waals surface area contributed by atoms with Crippen molar-refractivity contribution in [3.63, 3.8) is 0 Å². The van der Waals surface area contributed by atoms with Gasteiger partial charge in [-0.05, 0) is 0 Å². The maximum Gasteiger partial charge on any atom is 0.310 e. The summed E-state index contributed by atoms with van der Waals surface area (Å²) in [6.45, 7) is 0. The second-order valence-corrected chi connectivity index (χ2v) is 1.95. The van der Waals surface area contributed by atoms with E-state index < -0.39 is 0 Å². The molecule has 0 saturated carbocycles. The number of halogens is 1. The topological polar surface area (TPSA) is 55.0 Å². The molecule has 0 aromatic carbocycles. The van der Waals surface area contributed by atoms with Gasteiger partial charge in [-0.3, -0.25) is 4.79 Å². The number of aromatic nitrogens is 2. The standard InChI is InChI=1S/C5H5ClN2O2/c1-10-5-4(9)7-2-3(6)8-5/h2H,1H3,(H,7,9). The third kappa shape index (κ3) is 1.27. The molecule has 0 fully saturated rings. The summed E-state index contributed by atoms with van der Waals surface area (Å²) in [4.78, 5) is 16.6. The van der Waals surface area contributed by atoms with E-state index in [0.29, 0.717) is 0 Å². The van der Waals surface area contributed by atoms with Crippen molar-refractivity contribution in [1.82, 2.24) is 9.97 Å². The van der Waals surface area contributed by atoms with Crippen LogP contribution in [0.25, 0.3) is 0 Å². The fraction of sp³-hybridized carbons (Fsp3) is 0.200. The highest BCUT2D eigenvalue weighted by Gasteiger charge is 1.99. The minimum absolute atomic E-state index is 0.0208. The van der Waals surface area contributed by atoms with Crippen LogP contribution in [-0.4, -0.2) is 17.1 Å². The SMILES string of the molecule is COc1nc(Cl)c[nH]c1=O. The molecular weight excluding hydrogens is 156 g/mol. The number of nitrogens with zero attached hydrogens (tertiary/aromatic N) is 1. The molecule has 0 amide bonds. The first-order chi connectivity index (χ1) is 4.74. The van der Waals surface area contributed by atoms with Crippen LogP contribution in [0.15, 0.2) is 11.0 Å². The Bertz CT molecular complexity index is 283. The van der Waals surface area contributed by atoms with Gasteiger partial charge in [-0.2, -0.15) is 4.98 Å². The molecule has 1 aromatic rings. The van der Waals surface area contributed by atoms with E-state index in [9.17, 15) is 4.79 Å². The largest absolute Gasteiger partial charge is 0.477 e. The van der Waals surface area contributed by atoms with Gasteiger partial charge in [-0.25, -0.2) is 0 Å². The summed E-state index contributed by atoms with van der Waals surface area (Å²) in [5.74, 6) is -0.0208. The number of ether oxygens (including phenoxy) is 1. The zero-order valence-corrected chi connectivity index (χ0v) is 5.97. The van der Waals surface area contributed by atoms with Crippen molar-refractivity contribution >= 4 is 11.6 Å². The Morgan fingerprint density at radius 1 is 1.80 bits per heavy atom. The number of hydrogen-bond donors (Lipinski definition) is 1. The van der Waals surface area contributed by atoms with Crippen molar-refractivity contribution < 1.29 is 4.74 Å². The third-order valence-corrected chi connectivity index (χ3v) is 1.11. The average molecular weight is 161 g/mol. The molecule has 0 aliphatic carbocycles. The number of rotatable bonds is 1. The highest BCUT2D eigenvalue weighted by atomic mass is 35.5. The summed E-state index contributed by atoms with van der Waals surface area (Å²) in [5.41, 5.74) is -0.382. The van der Waals surface area contributed by atoms with Crippen molar-refractivity contribution in [2.24, 2.45) is 0 Å². The summed E-state index contributed by atoms with van der Waals surface area (Å²) < 4.78 is 4.59. The normalized spacial score (nSPS) is 9.40. The Morgan fingerprint density at radius 3 is 3.00 bits per heavy atom. The van der Waals surface area contributed by atoms with Crippen LogP contribution in [0.2, 0.25) is 5.15 Å². The molecule has 1 N–H and O–H groups in total. The Hall–Kier alpha value is -1.03. The smallest absolute Gasteiger partial charge is 0.310 e. The van der Waals surface area contributed by atoms with E-state index in [1.54, 1.807) is 0 Å². The lowest BCUT2D eigenvalue weighted by Crippen LogP contribution is -2.10. The molecule has 1 heterocycles. The van der Waals surface area contributed by atoms with Crippen LogP contribution in [0, 0.1) is 0 Å². The average Bonchev–Trinajstić information content (AvgIpc) is 1.94. The van der Waals surface area contributed by atoms with Crippen LogP contribution in [0.1, 0.15) is 0 Å². The van der Waals surface area contributed by atoms with E-state index in [1.807, 2.05) is 0 Å². The van der Waals surface area contributed by atoms with Crippen LogP contribution < -0.4 is 10.3 Å². The molecule has 0 atom stereocenters. The summed E-state index contributed by atoms with van der Waals surface area (Å²) in [5, 5.41) is 0.205. The minimum atomic E-state index is -0.382. The van der Waals surface area contributed by atoms with Crippen molar-refractivity contribution in [2.75, 3.05) is 7.11 Å². The van der Waals surface area contributed by atoms with Gasteiger partial charge in [0.05, 0.1) is 7.11 Å². The molecule has 10 heavy (non-hydrogen) atoms. The zero-order valence-electron chi connectivity index (χ0n) is 5.22. The molecular formula is C5H5ClN2O2. The summed E-state index contributed by atoms with van der Waals surface area (Å²) >= 11 is 5.43. The number of aromatic amines is 1. The molecule has 4 nitrogen and oxygen atoms in total. The summed E-state index contributed by atoms with van der Waals surface area (Å²) in [6, 6.07) is 0. The number of H-pyrrole nitrogens is 1. The fourth-order valence-electron chi connectivity index (χ4n) is 0.505. The second-order valence-electron chi connectivity index (χ2n) is 1.56. The molecule has 0 spiro atoms. The number of methoxy groups -OCH3 is 1.